The van der Waals surface area contributed by atoms with Gasteiger partial charge in [0.1, 0.15) is 0 Å². The summed E-state index contributed by atoms with van der Waals surface area (Å²) in [5.41, 5.74) is 5.13. The van der Waals surface area contributed by atoms with Crippen LogP contribution < -0.4 is 4.90 Å². The summed E-state index contributed by atoms with van der Waals surface area (Å²) >= 11 is 0. The van der Waals surface area contributed by atoms with Gasteiger partial charge in [-0.3, -0.25) is 9.88 Å². The van der Waals surface area contributed by atoms with Crippen LogP contribution in [0.3, 0.4) is 0 Å². The van der Waals surface area contributed by atoms with Gasteiger partial charge in [0.05, 0.1) is 24.4 Å². The van der Waals surface area contributed by atoms with Crippen molar-refractivity contribution in [2.24, 2.45) is 5.92 Å². The molecule has 0 bridgehead atoms. The van der Waals surface area contributed by atoms with Crippen LogP contribution in [0.1, 0.15) is 25.1 Å². The molecule has 25 heavy (non-hydrogen) atoms. The summed E-state index contributed by atoms with van der Waals surface area (Å²) in [5.74, 6) is 0.676. The molecule has 2 saturated heterocycles. The highest BCUT2D eigenvalue weighted by atomic mass is 16.5. The number of nitrogens with zero attached hydrogens (tertiary/aromatic N) is 3. The Kier molecular flexibility index (Phi) is 4.65. The number of ether oxygens (including phenoxy) is 1. The minimum Gasteiger partial charge on any atom is -0.379 e. The van der Waals surface area contributed by atoms with Gasteiger partial charge in [0, 0.05) is 43.3 Å². The lowest BCUT2D eigenvalue weighted by atomic mass is 10.0. The smallest absolute Gasteiger partial charge is 0.0726 e. The van der Waals surface area contributed by atoms with Crippen LogP contribution in [0.5, 0.6) is 0 Å². The third-order valence-corrected chi connectivity index (χ3v) is 5.93. The van der Waals surface area contributed by atoms with E-state index in [4.69, 9.17) is 9.72 Å². The van der Waals surface area contributed by atoms with Crippen LogP contribution in [-0.2, 0) is 11.2 Å². The van der Waals surface area contributed by atoms with Gasteiger partial charge in [-0.15, -0.1) is 0 Å². The van der Waals surface area contributed by atoms with E-state index >= 15 is 0 Å². The average Bonchev–Trinajstić information content (AvgIpc) is 3.02. The number of benzene rings is 1. The van der Waals surface area contributed by atoms with Gasteiger partial charge >= 0.3 is 0 Å². The first-order chi connectivity index (χ1) is 12.2. The predicted octanol–water partition coefficient (Wildman–Crippen LogP) is 3.26. The molecular formula is C21H29N3O. The summed E-state index contributed by atoms with van der Waals surface area (Å²) in [5, 5.41) is 1.31. The number of hydrogen-bond donors (Lipinski definition) is 0. The maximum atomic E-state index is 5.55. The number of morpholine rings is 1. The Bertz CT molecular complexity index is 754. The molecule has 2 unspecified atom stereocenters. The molecule has 0 N–H and O–H groups in total. The van der Waals surface area contributed by atoms with Crippen molar-refractivity contribution in [3.63, 3.8) is 0 Å². The topological polar surface area (TPSA) is 28.6 Å². The number of fused-ring (bicyclic) bond motifs is 1. The summed E-state index contributed by atoms with van der Waals surface area (Å²) in [6, 6.07) is 9.24. The monoisotopic (exact) mass is 339 g/mol. The quantitative estimate of drug-likeness (QED) is 0.858. The van der Waals surface area contributed by atoms with Gasteiger partial charge in [-0.25, -0.2) is 0 Å². The summed E-state index contributed by atoms with van der Waals surface area (Å²) in [7, 11) is 0. The largest absolute Gasteiger partial charge is 0.379 e. The molecule has 0 aliphatic carbocycles. The predicted molar refractivity (Wildman–Crippen MR) is 103 cm³/mol. The molecule has 2 fully saturated rings. The molecule has 134 valence electrons. The van der Waals surface area contributed by atoms with Crippen molar-refractivity contribution in [2.45, 2.75) is 33.2 Å². The van der Waals surface area contributed by atoms with Crippen LogP contribution >= 0.6 is 0 Å². The first kappa shape index (κ1) is 16.8. The number of hydrogen-bond acceptors (Lipinski definition) is 4. The van der Waals surface area contributed by atoms with Gasteiger partial charge < -0.3 is 9.64 Å². The number of aromatic nitrogens is 1. The Balaban J connectivity index is 1.72. The van der Waals surface area contributed by atoms with Crippen LogP contribution in [0.15, 0.2) is 24.3 Å². The van der Waals surface area contributed by atoms with Gasteiger partial charge in [0.25, 0.3) is 0 Å². The zero-order valence-electron chi connectivity index (χ0n) is 15.7. The lowest BCUT2D eigenvalue weighted by Gasteiger charge is -2.34. The van der Waals surface area contributed by atoms with Crippen LogP contribution in [0.25, 0.3) is 10.9 Å². The van der Waals surface area contributed by atoms with Crippen LogP contribution in [0.4, 0.5) is 5.69 Å². The third kappa shape index (κ3) is 3.02. The average molecular weight is 339 g/mol. The lowest BCUT2D eigenvalue weighted by Crippen LogP contribution is -2.46. The number of pyridine rings is 1. The van der Waals surface area contributed by atoms with Gasteiger partial charge in [-0.1, -0.05) is 32.0 Å². The normalized spacial score (nSPS) is 25.0. The van der Waals surface area contributed by atoms with E-state index in [-0.39, 0.29) is 0 Å². The molecule has 1 aromatic heterocycles. The zero-order valence-corrected chi connectivity index (χ0v) is 15.7. The van der Waals surface area contributed by atoms with Crippen molar-refractivity contribution < 1.29 is 4.74 Å². The summed E-state index contributed by atoms with van der Waals surface area (Å²) < 4.78 is 5.55. The minimum atomic E-state index is 0.626. The third-order valence-electron chi connectivity index (χ3n) is 5.93. The summed E-state index contributed by atoms with van der Waals surface area (Å²) in [4.78, 5) is 10.1. The highest BCUT2D eigenvalue weighted by molar-refractivity contribution is 5.94. The van der Waals surface area contributed by atoms with E-state index in [0.29, 0.717) is 12.0 Å². The lowest BCUT2D eigenvalue weighted by molar-refractivity contribution is 0.0134. The Morgan fingerprint density at radius 2 is 1.92 bits per heavy atom. The van der Waals surface area contributed by atoms with E-state index < -0.39 is 0 Å². The minimum absolute atomic E-state index is 0.626. The van der Waals surface area contributed by atoms with Gasteiger partial charge in [-0.2, -0.15) is 0 Å². The molecule has 2 aliphatic heterocycles. The zero-order chi connectivity index (χ0) is 17.4. The Morgan fingerprint density at radius 3 is 2.68 bits per heavy atom. The van der Waals surface area contributed by atoms with Gasteiger partial charge in [0.2, 0.25) is 0 Å². The van der Waals surface area contributed by atoms with Crippen LogP contribution in [0, 0.1) is 12.8 Å². The van der Waals surface area contributed by atoms with Crippen molar-refractivity contribution in [2.75, 3.05) is 44.3 Å². The molecule has 1 aromatic carbocycles. The molecule has 4 rings (SSSR count). The van der Waals surface area contributed by atoms with E-state index in [1.165, 1.54) is 22.3 Å². The van der Waals surface area contributed by atoms with Crippen molar-refractivity contribution >= 4 is 16.6 Å². The maximum absolute atomic E-state index is 5.55. The Labute approximate surface area is 150 Å². The Hall–Kier alpha value is -1.65. The van der Waals surface area contributed by atoms with Gasteiger partial charge in [0.15, 0.2) is 0 Å². The summed E-state index contributed by atoms with van der Waals surface area (Å²) in [6.07, 6.45) is 1.03. The molecule has 0 spiro atoms. The molecule has 0 radical (unpaired) electrons. The van der Waals surface area contributed by atoms with Crippen molar-refractivity contribution in [1.29, 1.82) is 0 Å². The first-order valence-electron chi connectivity index (χ1n) is 9.64. The second kappa shape index (κ2) is 6.93. The van der Waals surface area contributed by atoms with Crippen molar-refractivity contribution in [1.82, 2.24) is 9.88 Å². The molecule has 0 amide bonds. The summed E-state index contributed by atoms with van der Waals surface area (Å²) in [6.45, 7) is 12.9. The van der Waals surface area contributed by atoms with Crippen LogP contribution in [0.2, 0.25) is 0 Å². The molecule has 0 saturated carbocycles. The molecule has 3 heterocycles. The van der Waals surface area contributed by atoms with E-state index in [1.54, 1.807) is 0 Å². The van der Waals surface area contributed by atoms with E-state index in [1.807, 2.05) is 0 Å². The fourth-order valence-corrected chi connectivity index (χ4v) is 4.65. The fourth-order valence-electron chi connectivity index (χ4n) is 4.65. The number of anilines is 1. The SMILES string of the molecule is CCc1c(C)nc2ccccc2c1N1CC(C)C(N2CCOCC2)C1. The second-order valence-electron chi connectivity index (χ2n) is 7.49. The highest BCUT2D eigenvalue weighted by Crippen LogP contribution is 2.36. The second-order valence-corrected chi connectivity index (χ2v) is 7.49. The van der Waals surface area contributed by atoms with E-state index in [0.717, 1.165) is 51.3 Å². The Morgan fingerprint density at radius 1 is 1.16 bits per heavy atom. The molecule has 2 aliphatic rings. The van der Waals surface area contributed by atoms with E-state index in [9.17, 15) is 0 Å². The molecule has 4 nitrogen and oxygen atoms in total. The van der Waals surface area contributed by atoms with Crippen molar-refractivity contribution in [3.8, 4) is 0 Å². The van der Waals surface area contributed by atoms with E-state index in [2.05, 4.69) is 54.8 Å². The van der Waals surface area contributed by atoms with Crippen molar-refractivity contribution in [3.05, 3.63) is 35.5 Å². The molecule has 4 heteroatoms. The van der Waals surface area contributed by atoms with Crippen LogP contribution in [-0.4, -0.2) is 55.3 Å². The standard InChI is InChI=1S/C21H29N3O/c1-4-17-16(3)22-19-8-6-5-7-18(19)21(17)24-13-15(2)20(14-24)23-9-11-25-12-10-23/h5-8,15,20H,4,9-14H2,1-3H3. The molecule has 2 atom stereocenters. The number of rotatable bonds is 3. The first-order valence-corrected chi connectivity index (χ1v) is 9.64. The highest BCUT2D eigenvalue weighted by Gasteiger charge is 2.36. The van der Waals surface area contributed by atoms with Gasteiger partial charge in [-0.05, 0) is 30.9 Å². The molecular weight excluding hydrogens is 310 g/mol. The number of aryl methyl sites for hydroxylation is 1. The fraction of sp³-hybridized carbons (Fsp3) is 0.571. The number of para-hydroxylation sites is 1. The molecule has 2 aromatic rings. The maximum Gasteiger partial charge on any atom is 0.0726 e.